The molecule has 2 N–H and O–H groups in total. The molecule has 0 spiro atoms. The minimum atomic E-state index is -2.72. The van der Waals surface area contributed by atoms with Crippen molar-refractivity contribution in [1.29, 1.82) is 0 Å². The lowest BCUT2D eigenvalue weighted by molar-refractivity contribution is 0.146. The Morgan fingerprint density at radius 2 is 1.64 bits per heavy atom. The van der Waals surface area contributed by atoms with Gasteiger partial charge < -0.3 is 19.5 Å². The first-order valence-electron chi connectivity index (χ1n) is 15.3. The molecule has 3 heterocycles. The van der Waals surface area contributed by atoms with Crippen molar-refractivity contribution in [3.05, 3.63) is 95.7 Å². The molecule has 2 aromatic carbocycles. The Hall–Kier alpha value is -4.28. The quantitative estimate of drug-likeness (QED) is 0.211. The molecule has 10 heteroatoms. The molecule has 0 amide bonds. The van der Waals surface area contributed by atoms with E-state index in [1.54, 1.807) is 19.5 Å². The molecule has 1 saturated carbocycles. The third kappa shape index (κ3) is 5.55. The second kappa shape index (κ2) is 12.4. The van der Waals surface area contributed by atoms with E-state index in [1.165, 1.54) is 10.4 Å². The second-order valence-corrected chi connectivity index (χ2v) is 16.8. The maximum Gasteiger partial charge on any atom is 0.327 e. The monoisotopic (exact) mass is 608 g/mol. The van der Waals surface area contributed by atoms with E-state index < -0.39 is 8.32 Å². The van der Waals surface area contributed by atoms with Crippen LogP contribution in [0.25, 0.3) is 11.2 Å². The fraction of sp³-hybridized carbons (Fsp3) is 0.353. The van der Waals surface area contributed by atoms with Gasteiger partial charge >= 0.3 is 5.69 Å². The molecule has 1 fully saturated rings. The zero-order valence-corrected chi connectivity index (χ0v) is 26.8. The molecule has 0 saturated heterocycles. The van der Waals surface area contributed by atoms with E-state index in [-0.39, 0.29) is 22.7 Å². The van der Waals surface area contributed by atoms with Crippen molar-refractivity contribution in [1.82, 2.24) is 24.5 Å². The molecule has 5 aromatic rings. The summed E-state index contributed by atoms with van der Waals surface area (Å²) in [7, 11) is -1.16. The third-order valence-corrected chi connectivity index (χ3v) is 13.8. The highest BCUT2D eigenvalue weighted by Gasteiger charge is 2.50. The third-order valence-electron chi connectivity index (χ3n) is 8.80. The van der Waals surface area contributed by atoms with Crippen LogP contribution in [0.4, 0.5) is 11.6 Å². The number of ether oxygens (including phenoxy) is 1. The van der Waals surface area contributed by atoms with E-state index in [9.17, 15) is 4.79 Å². The number of rotatable bonds is 9. The van der Waals surface area contributed by atoms with E-state index in [1.807, 2.05) is 16.7 Å². The van der Waals surface area contributed by atoms with Crippen LogP contribution in [0.15, 0.2) is 90.0 Å². The molecule has 0 unspecified atom stereocenters. The molecule has 0 aliphatic heterocycles. The average Bonchev–Trinajstić information content (AvgIpc) is 3.37. The van der Waals surface area contributed by atoms with Crippen LogP contribution in [0, 0.1) is 5.92 Å². The molecule has 44 heavy (non-hydrogen) atoms. The summed E-state index contributed by atoms with van der Waals surface area (Å²) in [6, 6.07) is 25.0. The van der Waals surface area contributed by atoms with Crippen LogP contribution in [-0.2, 0) is 4.43 Å². The minimum Gasteiger partial charge on any atom is -0.480 e. The van der Waals surface area contributed by atoms with Gasteiger partial charge in [-0.2, -0.15) is 4.98 Å². The fourth-order valence-electron chi connectivity index (χ4n) is 6.77. The lowest BCUT2D eigenvalue weighted by atomic mass is 9.85. The van der Waals surface area contributed by atoms with Crippen molar-refractivity contribution >= 4 is 41.5 Å². The van der Waals surface area contributed by atoms with Crippen molar-refractivity contribution in [3.63, 3.8) is 0 Å². The van der Waals surface area contributed by atoms with Crippen LogP contribution in [0.1, 0.15) is 52.5 Å². The van der Waals surface area contributed by atoms with E-state index in [4.69, 9.17) is 14.1 Å². The number of hydrogen-bond donors (Lipinski definition) is 2. The molecule has 1 aliphatic rings. The lowest BCUT2D eigenvalue weighted by Crippen LogP contribution is -2.67. The standard InChI is InChI=1S/C34H40N6O3Si/c1-34(2,3)44(25-15-7-5-8-16-25,26-17-9-6-10-18-26)43-23-24-14-11-12-20-29(24)40-30-28(38-33(40)41)22-36-32(39-30)37-27-19-13-21-35-31(27)42-4/h5-10,13,15-19,21-22,24,29H,11-12,14,20,23H2,1-4H3,(H,38,41)(H,36,37,39)/t24-,29-/m0/s1. The first-order valence-corrected chi connectivity index (χ1v) is 17.2. The van der Waals surface area contributed by atoms with Gasteiger partial charge in [-0.1, -0.05) is 94.3 Å². The molecule has 9 nitrogen and oxygen atoms in total. The highest BCUT2D eigenvalue weighted by molar-refractivity contribution is 6.99. The summed E-state index contributed by atoms with van der Waals surface area (Å²) in [5.41, 5.74) is 1.66. The number of nitrogens with one attached hydrogen (secondary N) is 2. The Labute approximate surface area is 258 Å². The van der Waals surface area contributed by atoms with Gasteiger partial charge in [0.2, 0.25) is 11.8 Å². The minimum absolute atomic E-state index is 0.0566. The van der Waals surface area contributed by atoms with Crippen LogP contribution >= 0.6 is 0 Å². The van der Waals surface area contributed by atoms with Crippen molar-refractivity contribution in [2.75, 3.05) is 19.0 Å². The Balaban J connectivity index is 1.36. The molecular formula is C34H40N6O3Si. The number of pyridine rings is 1. The summed E-state index contributed by atoms with van der Waals surface area (Å²) >= 11 is 0. The number of benzene rings is 2. The zero-order valence-electron chi connectivity index (χ0n) is 25.8. The smallest absolute Gasteiger partial charge is 0.327 e. The van der Waals surface area contributed by atoms with Crippen LogP contribution < -0.4 is 26.1 Å². The lowest BCUT2D eigenvalue weighted by Gasteiger charge is -2.44. The van der Waals surface area contributed by atoms with Gasteiger partial charge in [0, 0.05) is 24.8 Å². The van der Waals surface area contributed by atoms with E-state index in [0.29, 0.717) is 35.3 Å². The van der Waals surface area contributed by atoms with Crippen molar-refractivity contribution in [3.8, 4) is 5.88 Å². The van der Waals surface area contributed by atoms with Gasteiger partial charge in [0.05, 0.1) is 13.3 Å². The molecule has 2 atom stereocenters. The Morgan fingerprint density at radius 3 is 2.30 bits per heavy atom. The number of aromatic nitrogens is 5. The largest absolute Gasteiger partial charge is 0.480 e. The highest BCUT2D eigenvalue weighted by Crippen LogP contribution is 2.40. The predicted molar refractivity (Wildman–Crippen MR) is 177 cm³/mol. The summed E-state index contributed by atoms with van der Waals surface area (Å²) in [4.78, 5) is 30.0. The molecule has 1 aliphatic carbocycles. The summed E-state index contributed by atoms with van der Waals surface area (Å²) in [5, 5.41) is 5.59. The van der Waals surface area contributed by atoms with Gasteiger partial charge in [0.15, 0.2) is 5.65 Å². The zero-order chi connectivity index (χ0) is 30.7. The Bertz CT molecular complexity index is 1730. The van der Waals surface area contributed by atoms with Crippen LogP contribution in [-0.4, -0.2) is 46.5 Å². The maximum absolute atomic E-state index is 13.5. The number of hydrogen-bond acceptors (Lipinski definition) is 7. The van der Waals surface area contributed by atoms with Crippen molar-refractivity contribution < 1.29 is 9.16 Å². The Morgan fingerprint density at radius 1 is 0.955 bits per heavy atom. The SMILES string of the molecule is COc1ncccc1Nc1ncc2[nH]c(=O)n([C@H]3CCCC[C@H]3CO[Si](c3ccccc3)(c3ccccc3)C(C)(C)C)c2n1. The first-order chi connectivity index (χ1) is 21.3. The molecular weight excluding hydrogens is 568 g/mol. The van der Waals surface area contributed by atoms with Gasteiger partial charge in [-0.25, -0.2) is 14.8 Å². The summed E-state index contributed by atoms with van der Waals surface area (Å²) < 4.78 is 14.6. The fourth-order valence-corrected chi connectivity index (χ4v) is 11.4. The first kappa shape index (κ1) is 29.8. The summed E-state index contributed by atoms with van der Waals surface area (Å²) in [6.45, 7) is 7.44. The van der Waals surface area contributed by atoms with Gasteiger partial charge in [0.25, 0.3) is 8.32 Å². The van der Waals surface area contributed by atoms with Gasteiger partial charge in [0.1, 0.15) is 11.2 Å². The van der Waals surface area contributed by atoms with Crippen molar-refractivity contribution in [2.24, 2.45) is 5.92 Å². The molecule has 0 radical (unpaired) electrons. The number of fused-ring (bicyclic) bond motifs is 1. The van der Waals surface area contributed by atoms with Gasteiger partial charge in [-0.3, -0.25) is 4.57 Å². The number of H-pyrrole nitrogens is 1. The summed E-state index contributed by atoms with van der Waals surface area (Å²) in [5.74, 6) is 0.954. The molecule has 228 valence electrons. The number of imidazole rings is 1. The van der Waals surface area contributed by atoms with Crippen molar-refractivity contribution in [2.45, 2.75) is 57.5 Å². The number of aromatic amines is 1. The number of methoxy groups -OCH3 is 1. The van der Waals surface area contributed by atoms with E-state index in [2.05, 4.69) is 102 Å². The van der Waals surface area contributed by atoms with E-state index in [0.717, 1.165) is 25.7 Å². The Kier molecular flexibility index (Phi) is 8.37. The average molecular weight is 609 g/mol. The highest BCUT2D eigenvalue weighted by atomic mass is 28.4. The van der Waals surface area contributed by atoms with E-state index >= 15 is 0 Å². The van der Waals surface area contributed by atoms with Crippen LogP contribution in [0.3, 0.4) is 0 Å². The topological polar surface area (TPSA) is 107 Å². The number of nitrogens with zero attached hydrogens (tertiary/aromatic N) is 4. The van der Waals surface area contributed by atoms with Crippen LogP contribution in [0.5, 0.6) is 5.88 Å². The summed E-state index contributed by atoms with van der Waals surface area (Å²) in [6.07, 6.45) is 7.32. The normalized spacial score (nSPS) is 17.5. The molecule has 6 rings (SSSR count). The predicted octanol–water partition coefficient (Wildman–Crippen LogP) is 5.57. The maximum atomic E-state index is 13.5. The van der Waals surface area contributed by atoms with Gasteiger partial charge in [-0.15, -0.1) is 0 Å². The second-order valence-electron chi connectivity index (χ2n) is 12.5. The molecule has 3 aromatic heterocycles. The van der Waals surface area contributed by atoms with Crippen LogP contribution in [0.2, 0.25) is 5.04 Å². The molecule has 0 bridgehead atoms. The number of anilines is 2. The van der Waals surface area contributed by atoms with Gasteiger partial charge in [-0.05, 0) is 40.4 Å².